The number of ether oxygens (including phenoxy) is 4. The first kappa shape index (κ1) is 41.8. The third-order valence-corrected chi connectivity index (χ3v) is 10.2. The molecule has 6 amide bonds. The van der Waals surface area contributed by atoms with Gasteiger partial charge in [0.05, 0.1) is 75.0 Å². The van der Waals surface area contributed by atoms with Crippen molar-refractivity contribution in [3.8, 4) is 0 Å². The van der Waals surface area contributed by atoms with Crippen LogP contribution in [-0.2, 0) is 18.9 Å². The number of nitrogens with zero attached hydrogens (tertiary/aromatic N) is 4. The number of hydrogen-bond acceptors (Lipinski definition) is 13. The summed E-state index contributed by atoms with van der Waals surface area (Å²) in [6.45, 7) is -1.63. The zero-order chi connectivity index (χ0) is 37.0. The molecule has 3 heterocycles. The van der Waals surface area contributed by atoms with E-state index in [1.54, 1.807) is 0 Å². The van der Waals surface area contributed by atoms with Crippen LogP contribution in [0, 0.1) is 0 Å². The molecule has 50 heavy (non-hydrogen) atoms. The Bertz CT molecular complexity index is 971. The molecular weight excluding hydrogens is 664 g/mol. The van der Waals surface area contributed by atoms with Crippen LogP contribution in [0.2, 0.25) is 0 Å². The summed E-state index contributed by atoms with van der Waals surface area (Å²) in [6, 6.07) is -3.63. The Hall–Kier alpha value is -2.59. The van der Waals surface area contributed by atoms with Crippen LogP contribution < -0.4 is 10.6 Å². The maximum atomic E-state index is 13.8. The van der Waals surface area contributed by atoms with Gasteiger partial charge in [0, 0.05) is 28.4 Å². The Morgan fingerprint density at radius 2 is 0.840 bits per heavy atom. The monoisotopic (exact) mass is 722 g/mol. The second-order valence-electron chi connectivity index (χ2n) is 13.0. The number of amides is 6. The van der Waals surface area contributed by atoms with Crippen LogP contribution >= 0.6 is 0 Å². The number of aliphatic hydroxyl groups excluding tert-OH is 6. The summed E-state index contributed by atoms with van der Waals surface area (Å²) < 4.78 is 21.2. The molecule has 0 aromatic carbocycles. The number of rotatable bonds is 24. The number of carbonyl (C=O) groups is 3. The summed E-state index contributed by atoms with van der Waals surface area (Å²) in [5, 5.41) is 66.5. The van der Waals surface area contributed by atoms with E-state index in [-0.39, 0.29) is 39.8 Å². The molecule has 0 bridgehead atoms. The van der Waals surface area contributed by atoms with Gasteiger partial charge in [-0.25, -0.2) is 14.4 Å². The van der Waals surface area contributed by atoms with Gasteiger partial charge in [0.2, 0.25) is 0 Å². The second-order valence-corrected chi connectivity index (χ2v) is 13.0. The Labute approximate surface area is 293 Å². The lowest BCUT2D eigenvalue weighted by molar-refractivity contribution is -0.0813. The highest BCUT2D eigenvalue weighted by Crippen LogP contribution is 2.30. The van der Waals surface area contributed by atoms with Crippen LogP contribution in [0.15, 0.2) is 0 Å². The van der Waals surface area contributed by atoms with Crippen LogP contribution in [-0.4, -0.2) is 198 Å². The van der Waals surface area contributed by atoms with Crippen molar-refractivity contribution in [3.63, 3.8) is 0 Å². The topological polar surface area (TPSA) is 247 Å². The molecule has 3 rings (SSSR count). The molecule has 10 atom stereocenters. The summed E-state index contributed by atoms with van der Waals surface area (Å²) >= 11 is 0. The quantitative estimate of drug-likeness (QED) is 0.0536. The molecule has 0 radical (unpaired) electrons. The lowest BCUT2D eigenvalue weighted by Gasteiger charge is -2.32. The van der Waals surface area contributed by atoms with Crippen molar-refractivity contribution in [2.24, 2.45) is 0 Å². The molecule has 3 aliphatic heterocycles. The standard InChI is InChI=1S/C31H58N6O13/c1-47-19(13-38)5-9-23-25(11-7-21(15-40)49-3)34(29(44)32-23)17-36-27(42)28(43)37(31(36)46)18-35-26(12-8-22(16-41)50-4)24(33-30(35)45)10-6-20(14-39)48-2/h19-28,38-43H,5-18H2,1-4H3,(H,32,44)(H,33,45). The third kappa shape index (κ3) is 10.3. The van der Waals surface area contributed by atoms with Gasteiger partial charge in [-0.05, 0) is 51.4 Å². The second kappa shape index (κ2) is 20.4. The van der Waals surface area contributed by atoms with E-state index < -0.39 is 79.1 Å². The minimum atomic E-state index is -1.73. The van der Waals surface area contributed by atoms with Gasteiger partial charge in [-0.15, -0.1) is 0 Å². The van der Waals surface area contributed by atoms with E-state index in [4.69, 9.17) is 18.9 Å². The summed E-state index contributed by atoms with van der Waals surface area (Å²) in [5.41, 5.74) is 0. The molecular formula is C31H58N6O13. The van der Waals surface area contributed by atoms with E-state index in [9.17, 15) is 45.0 Å². The van der Waals surface area contributed by atoms with Crippen molar-refractivity contribution in [2.45, 2.75) is 112 Å². The lowest BCUT2D eigenvalue weighted by atomic mass is 9.96. The van der Waals surface area contributed by atoms with Crippen molar-refractivity contribution in [1.29, 1.82) is 0 Å². The average Bonchev–Trinajstić information content (AvgIpc) is 3.66. The minimum Gasteiger partial charge on any atom is -0.394 e. The molecule has 0 saturated carbocycles. The number of aliphatic hydroxyl groups is 6. The van der Waals surface area contributed by atoms with E-state index in [0.717, 1.165) is 9.80 Å². The maximum absolute atomic E-state index is 13.8. The van der Waals surface area contributed by atoms with Gasteiger partial charge in [0.15, 0.2) is 12.5 Å². The third-order valence-electron chi connectivity index (χ3n) is 10.2. The van der Waals surface area contributed by atoms with Gasteiger partial charge in [-0.3, -0.25) is 9.80 Å². The van der Waals surface area contributed by atoms with E-state index in [2.05, 4.69) is 10.6 Å². The molecule has 19 nitrogen and oxygen atoms in total. The van der Waals surface area contributed by atoms with Crippen LogP contribution in [0.5, 0.6) is 0 Å². The largest absolute Gasteiger partial charge is 0.394 e. The van der Waals surface area contributed by atoms with Crippen molar-refractivity contribution in [1.82, 2.24) is 30.2 Å². The van der Waals surface area contributed by atoms with E-state index in [1.807, 2.05) is 0 Å². The maximum Gasteiger partial charge on any atom is 0.327 e. The molecule has 8 N–H and O–H groups in total. The van der Waals surface area contributed by atoms with Gasteiger partial charge in [0.25, 0.3) is 0 Å². The van der Waals surface area contributed by atoms with E-state index in [0.29, 0.717) is 51.4 Å². The molecule has 3 saturated heterocycles. The fraction of sp³-hybridized carbons (Fsp3) is 0.903. The first-order chi connectivity index (χ1) is 24.0. The SMILES string of the molecule is COC(CO)CCC1NC(=O)N(CN2C(=O)N(CN3C(=O)NC(CCC(CO)OC)C3CCC(CO)OC)C(O)C2O)C1CCC(CO)OC. The number of hydrogen-bond donors (Lipinski definition) is 8. The molecule has 290 valence electrons. The molecule has 0 aromatic heterocycles. The lowest BCUT2D eigenvalue weighted by Crippen LogP contribution is -2.50. The molecule has 3 fully saturated rings. The van der Waals surface area contributed by atoms with Crippen molar-refractivity contribution in [2.75, 3.05) is 68.2 Å². The molecule has 0 aliphatic carbocycles. The summed E-state index contributed by atoms with van der Waals surface area (Å²) in [4.78, 5) is 45.1. The highest BCUT2D eigenvalue weighted by Gasteiger charge is 2.50. The highest BCUT2D eigenvalue weighted by atomic mass is 16.5. The van der Waals surface area contributed by atoms with Crippen LogP contribution in [0.1, 0.15) is 51.4 Å². The smallest absolute Gasteiger partial charge is 0.327 e. The van der Waals surface area contributed by atoms with Crippen LogP contribution in [0.25, 0.3) is 0 Å². The molecule has 0 spiro atoms. The van der Waals surface area contributed by atoms with E-state index in [1.165, 1.54) is 38.2 Å². The fourth-order valence-electron chi connectivity index (χ4n) is 6.90. The van der Waals surface area contributed by atoms with Gasteiger partial charge in [-0.2, -0.15) is 0 Å². The number of methoxy groups -OCH3 is 4. The average molecular weight is 723 g/mol. The minimum absolute atomic E-state index is 0.203. The Morgan fingerprint density at radius 1 is 0.540 bits per heavy atom. The number of nitrogens with one attached hydrogen (secondary N) is 2. The Morgan fingerprint density at radius 3 is 1.12 bits per heavy atom. The van der Waals surface area contributed by atoms with Crippen LogP contribution in [0.4, 0.5) is 14.4 Å². The summed E-state index contributed by atoms with van der Waals surface area (Å²) in [5.74, 6) is 0. The van der Waals surface area contributed by atoms with Crippen molar-refractivity contribution >= 4 is 18.1 Å². The Balaban J connectivity index is 1.79. The van der Waals surface area contributed by atoms with Crippen molar-refractivity contribution < 1.29 is 64.0 Å². The van der Waals surface area contributed by atoms with Gasteiger partial charge < -0.3 is 70.0 Å². The van der Waals surface area contributed by atoms with Gasteiger partial charge in [0.1, 0.15) is 13.3 Å². The number of carbonyl (C=O) groups excluding carboxylic acids is 3. The zero-order valence-electron chi connectivity index (χ0n) is 29.5. The number of urea groups is 3. The predicted octanol–water partition coefficient (Wildman–Crippen LogP) is -2.05. The molecule has 0 aromatic rings. The van der Waals surface area contributed by atoms with Gasteiger partial charge in [-0.1, -0.05) is 0 Å². The van der Waals surface area contributed by atoms with Crippen LogP contribution in [0.3, 0.4) is 0 Å². The summed E-state index contributed by atoms with van der Waals surface area (Å²) in [6.07, 6.45) is -2.07. The molecule has 10 unspecified atom stereocenters. The molecule has 19 heteroatoms. The first-order valence-corrected chi connectivity index (χ1v) is 17.1. The Kier molecular flexibility index (Phi) is 17.1. The van der Waals surface area contributed by atoms with E-state index >= 15 is 0 Å². The van der Waals surface area contributed by atoms with Gasteiger partial charge >= 0.3 is 18.1 Å². The normalized spacial score (nSPS) is 28.0. The molecule has 3 aliphatic rings. The zero-order valence-corrected chi connectivity index (χ0v) is 29.5. The first-order valence-electron chi connectivity index (χ1n) is 17.1. The van der Waals surface area contributed by atoms with Crippen molar-refractivity contribution in [3.05, 3.63) is 0 Å². The summed E-state index contributed by atoms with van der Waals surface area (Å²) in [7, 11) is 5.89. The fourth-order valence-corrected chi connectivity index (χ4v) is 6.90. The predicted molar refractivity (Wildman–Crippen MR) is 175 cm³/mol. The highest BCUT2D eigenvalue weighted by molar-refractivity contribution is 5.82.